The molecular formula is C22H42O4. The second-order valence-electron chi connectivity index (χ2n) is 7.69. The van der Waals surface area contributed by atoms with Crippen LogP contribution >= 0.6 is 0 Å². The predicted molar refractivity (Wildman–Crippen MR) is 107 cm³/mol. The summed E-state index contributed by atoms with van der Waals surface area (Å²) in [5.74, 6) is 0.137. The van der Waals surface area contributed by atoms with Crippen molar-refractivity contribution in [2.24, 2.45) is 5.92 Å². The third-order valence-electron chi connectivity index (χ3n) is 4.35. The highest BCUT2D eigenvalue weighted by Gasteiger charge is 2.06. The summed E-state index contributed by atoms with van der Waals surface area (Å²) in [5, 5.41) is 0. The van der Waals surface area contributed by atoms with Gasteiger partial charge in [-0.25, -0.2) is 0 Å². The Kier molecular flexibility index (Phi) is 18.0. The van der Waals surface area contributed by atoms with Gasteiger partial charge in [-0.3, -0.25) is 9.59 Å². The molecule has 0 rings (SSSR count). The van der Waals surface area contributed by atoms with Crippen molar-refractivity contribution in [3.8, 4) is 0 Å². The maximum Gasteiger partial charge on any atom is 0.305 e. The van der Waals surface area contributed by atoms with E-state index >= 15 is 0 Å². The van der Waals surface area contributed by atoms with Gasteiger partial charge in [-0.15, -0.1) is 0 Å². The second-order valence-corrected chi connectivity index (χ2v) is 7.69. The molecule has 0 atom stereocenters. The summed E-state index contributed by atoms with van der Waals surface area (Å²) >= 11 is 0. The number of hydrogen-bond donors (Lipinski definition) is 0. The van der Waals surface area contributed by atoms with E-state index in [1.807, 2.05) is 13.8 Å². The van der Waals surface area contributed by atoms with Crippen LogP contribution in [0.5, 0.6) is 0 Å². The molecule has 0 spiro atoms. The van der Waals surface area contributed by atoms with Gasteiger partial charge in [-0.05, 0) is 25.2 Å². The molecule has 154 valence electrons. The molecular weight excluding hydrogens is 328 g/mol. The van der Waals surface area contributed by atoms with Crippen molar-refractivity contribution in [2.75, 3.05) is 13.2 Å². The topological polar surface area (TPSA) is 52.6 Å². The molecule has 26 heavy (non-hydrogen) atoms. The lowest BCUT2D eigenvalue weighted by Gasteiger charge is -2.07. The molecule has 0 unspecified atom stereocenters. The van der Waals surface area contributed by atoms with Gasteiger partial charge in [0.1, 0.15) is 0 Å². The molecule has 4 heteroatoms. The summed E-state index contributed by atoms with van der Waals surface area (Å²) in [7, 11) is 0. The smallest absolute Gasteiger partial charge is 0.305 e. The summed E-state index contributed by atoms with van der Waals surface area (Å²) in [6.07, 6.45) is 14.7. The SMILES string of the molecule is CCCCCCCCCCCOC(=O)CCCCCC(=O)OCC(C)C. The minimum atomic E-state index is -0.133. The Morgan fingerprint density at radius 3 is 1.65 bits per heavy atom. The lowest BCUT2D eigenvalue weighted by molar-refractivity contribution is -0.144. The minimum Gasteiger partial charge on any atom is -0.466 e. The fraction of sp³-hybridized carbons (Fsp3) is 0.909. The van der Waals surface area contributed by atoms with Crippen molar-refractivity contribution < 1.29 is 19.1 Å². The van der Waals surface area contributed by atoms with Gasteiger partial charge in [0.15, 0.2) is 0 Å². The summed E-state index contributed by atoms with van der Waals surface area (Å²) in [4.78, 5) is 23.1. The quantitative estimate of drug-likeness (QED) is 0.212. The zero-order chi connectivity index (χ0) is 19.5. The largest absolute Gasteiger partial charge is 0.466 e. The Morgan fingerprint density at radius 1 is 0.654 bits per heavy atom. The maximum atomic E-state index is 11.6. The van der Waals surface area contributed by atoms with E-state index in [1.54, 1.807) is 0 Å². The molecule has 0 radical (unpaired) electrons. The van der Waals surface area contributed by atoms with Crippen LogP contribution in [0.1, 0.15) is 111 Å². The lowest BCUT2D eigenvalue weighted by Crippen LogP contribution is -2.09. The van der Waals surface area contributed by atoms with Gasteiger partial charge in [0.05, 0.1) is 13.2 Å². The molecule has 0 N–H and O–H groups in total. The highest BCUT2D eigenvalue weighted by molar-refractivity contribution is 5.69. The average molecular weight is 371 g/mol. The molecule has 4 nitrogen and oxygen atoms in total. The summed E-state index contributed by atoms with van der Waals surface area (Å²) in [6, 6.07) is 0. The van der Waals surface area contributed by atoms with Crippen LogP contribution in [0.2, 0.25) is 0 Å². The Balaban J connectivity index is 3.28. The molecule has 0 aromatic rings. The van der Waals surface area contributed by atoms with E-state index < -0.39 is 0 Å². The number of carbonyl (C=O) groups is 2. The van der Waals surface area contributed by atoms with Gasteiger partial charge in [-0.2, -0.15) is 0 Å². The van der Waals surface area contributed by atoms with Crippen molar-refractivity contribution in [2.45, 2.75) is 111 Å². The third-order valence-corrected chi connectivity index (χ3v) is 4.35. The van der Waals surface area contributed by atoms with Crippen LogP contribution in [-0.2, 0) is 19.1 Å². The van der Waals surface area contributed by atoms with Gasteiger partial charge in [0.25, 0.3) is 0 Å². The normalized spacial score (nSPS) is 10.9. The summed E-state index contributed by atoms with van der Waals surface area (Å²) in [6.45, 7) is 7.33. The average Bonchev–Trinajstić information content (AvgIpc) is 2.61. The van der Waals surface area contributed by atoms with Crippen molar-refractivity contribution in [3.05, 3.63) is 0 Å². The van der Waals surface area contributed by atoms with E-state index in [9.17, 15) is 9.59 Å². The highest BCUT2D eigenvalue weighted by atomic mass is 16.5. The first kappa shape index (κ1) is 24.9. The number of esters is 2. The zero-order valence-corrected chi connectivity index (χ0v) is 17.5. The van der Waals surface area contributed by atoms with Crippen LogP contribution in [0, 0.1) is 5.92 Å². The van der Waals surface area contributed by atoms with Gasteiger partial charge in [0.2, 0.25) is 0 Å². The second kappa shape index (κ2) is 18.7. The van der Waals surface area contributed by atoms with Crippen LogP contribution in [0.25, 0.3) is 0 Å². The molecule has 0 bridgehead atoms. The third kappa shape index (κ3) is 19.3. The Hall–Kier alpha value is -1.06. The van der Waals surface area contributed by atoms with Crippen LogP contribution in [0.15, 0.2) is 0 Å². The summed E-state index contributed by atoms with van der Waals surface area (Å²) in [5.41, 5.74) is 0. The van der Waals surface area contributed by atoms with Gasteiger partial charge in [0, 0.05) is 12.8 Å². The molecule has 0 aromatic carbocycles. The molecule has 0 aromatic heterocycles. The van der Waals surface area contributed by atoms with Crippen LogP contribution < -0.4 is 0 Å². The Labute approximate surface area is 161 Å². The zero-order valence-electron chi connectivity index (χ0n) is 17.5. The van der Waals surface area contributed by atoms with E-state index in [0.717, 1.165) is 32.1 Å². The van der Waals surface area contributed by atoms with E-state index in [1.165, 1.54) is 44.9 Å². The number of rotatable bonds is 18. The number of carbonyl (C=O) groups excluding carboxylic acids is 2. The number of ether oxygens (including phenoxy) is 2. The molecule has 0 aliphatic heterocycles. The first-order valence-electron chi connectivity index (χ1n) is 10.9. The number of unbranched alkanes of at least 4 members (excludes halogenated alkanes) is 10. The van der Waals surface area contributed by atoms with Crippen molar-refractivity contribution in [1.29, 1.82) is 0 Å². The van der Waals surface area contributed by atoms with Gasteiger partial charge < -0.3 is 9.47 Å². The van der Waals surface area contributed by atoms with E-state index in [0.29, 0.717) is 32.0 Å². The van der Waals surface area contributed by atoms with Crippen LogP contribution in [0.4, 0.5) is 0 Å². The fourth-order valence-corrected chi connectivity index (χ4v) is 2.72. The van der Waals surface area contributed by atoms with Crippen molar-refractivity contribution in [3.63, 3.8) is 0 Å². The molecule has 0 amide bonds. The molecule has 0 saturated carbocycles. The lowest BCUT2D eigenvalue weighted by atomic mass is 10.1. The first-order valence-corrected chi connectivity index (χ1v) is 10.9. The van der Waals surface area contributed by atoms with Crippen molar-refractivity contribution in [1.82, 2.24) is 0 Å². The maximum absolute atomic E-state index is 11.6. The first-order chi connectivity index (χ1) is 12.6. The van der Waals surface area contributed by atoms with Gasteiger partial charge >= 0.3 is 11.9 Å². The van der Waals surface area contributed by atoms with Crippen molar-refractivity contribution >= 4 is 11.9 Å². The van der Waals surface area contributed by atoms with E-state index in [4.69, 9.17) is 9.47 Å². The van der Waals surface area contributed by atoms with Gasteiger partial charge in [-0.1, -0.05) is 78.6 Å². The van der Waals surface area contributed by atoms with Crippen LogP contribution in [-0.4, -0.2) is 25.2 Å². The molecule has 0 aliphatic rings. The Morgan fingerprint density at radius 2 is 1.12 bits per heavy atom. The van der Waals surface area contributed by atoms with Crippen LogP contribution in [0.3, 0.4) is 0 Å². The standard InChI is InChI=1S/C22H42O4/c1-4-5-6-7-8-9-10-11-15-18-25-21(23)16-13-12-14-17-22(24)26-19-20(2)3/h20H,4-19H2,1-3H3. The van der Waals surface area contributed by atoms with E-state index in [-0.39, 0.29) is 11.9 Å². The molecule has 0 heterocycles. The fourth-order valence-electron chi connectivity index (χ4n) is 2.72. The molecule has 0 saturated heterocycles. The molecule has 0 fully saturated rings. The van der Waals surface area contributed by atoms with E-state index in [2.05, 4.69) is 6.92 Å². The molecule has 0 aliphatic carbocycles. The Bertz CT molecular complexity index is 339. The predicted octanol–water partition coefficient (Wildman–Crippen LogP) is 6.21. The highest BCUT2D eigenvalue weighted by Crippen LogP contribution is 2.10. The monoisotopic (exact) mass is 370 g/mol. The number of hydrogen-bond acceptors (Lipinski definition) is 4. The minimum absolute atomic E-state index is 0.105. The summed E-state index contributed by atoms with van der Waals surface area (Å²) < 4.78 is 10.4.